The number of nitrogens with zero attached hydrogens (tertiary/aromatic N) is 1. The number of benzene rings is 2. The Balaban J connectivity index is 1.90. The molecule has 6 nitrogen and oxygen atoms in total. The molecule has 0 saturated heterocycles. The second-order valence-electron chi connectivity index (χ2n) is 5.21. The Hall–Kier alpha value is -2.29. The van der Waals surface area contributed by atoms with Gasteiger partial charge >= 0.3 is 0 Å². The van der Waals surface area contributed by atoms with E-state index in [2.05, 4.69) is 44.5 Å². The molecule has 0 radical (unpaired) electrons. The highest BCUT2D eigenvalue weighted by Crippen LogP contribution is 2.23. The standard InChI is InChI=1S/C18H20IN3O3/c1-12-8-14(19)5-7-16(12)20-11-18(23)22-21-10-13-4-6-15(24-2)9-17(13)25-3/h4-10,20H,11H2,1-3H3,(H,22,23)/b21-10+. The van der Waals surface area contributed by atoms with Gasteiger partial charge in [-0.05, 0) is 65.4 Å². The van der Waals surface area contributed by atoms with Crippen LogP contribution in [0.1, 0.15) is 11.1 Å². The molecule has 0 spiro atoms. The van der Waals surface area contributed by atoms with Gasteiger partial charge in [-0.2, -0.15) is 5.10 Å². The Morgan fingerprint density at radius 2 is 2.00 bits per heavy atom. The summed E-state index contributed by atoms with van der Waals surface area (Å²) in [6.45, 7) is 2.13. The Labute approximate surface area is 160 Å². The average Bonchev–Trinajstić information content (AvgIpc) is 2.61. The normalized spacial score (nSPS) is 10.6. The number of anilines is 1. The highest BCUT2D eigenvalue weighted by molar-refractivity contribution is 14.1. The second-order valence-corrected chi connectivity index (χ2v) is 6.46. The molecule has 0 saturated carbocycles. The van der Waals surface area contributed by atoms with Crippen molar-refractivity contribution in [2.45, 2.75) is 6.92 Å². The lowest BCUT2D eigenvalue weighted by molar-refractivity contribution is -0.119. The smallest absolute Gasteiger partial charge is 0.259 e. The molecule has 0 aliphatic carbocycles. The number of methoxy groups -OCH3 is 2. The van der Waals surface area contributed by atoms with Crippen LogP contribution in [0.25, 0.3) is 0 Å². The number of halogens is 1. The van der Waals surface area contributed by atoms with Crippen LogP contribution in [0, 0.1) is 10.5 Å². The summed E-state index contributed by atoms with van der Waals surface area (Å²) in [7, 11) is 3.16. The Morgan fingerprint density at radius 1 is 1.20 bits per heavy atom. The fourth-order valence-corrected chi connectivity index (χ4v) is 2.79. The molecule has 2 rings (SSSR count). The lowest BCUT2D eigenvalue weighted by Gasteiger charge is -2.09. The van der Waals surface area contributed by atoms with Gasteiger partial charge in [0, 0.05) is 20.9 Å². The first-order valence-corrected chi connectivity index (χ1v) is 8.65. The predicted octanol–water partition coefficient (Wildman–Crippen LogP) is 3.18. The molecule has 2 aromatic rings. The number of aryl methyl sites for hydroxylation is 1. The number of nitrogens with one attached hydrogen (secondary N) is 2. The van der Waals surface area contributed by atoms with Crippen molar-refractivity contribution in [2.24, 2.45) is 5.10 Å². The van der Waals surface area contributed by atoms with Crippen molar-refractivity contribution < 1.29 is 14.3 Å². The van der Waals surface area contributed by atoms with E-state index in [0.717, 1.165) is 20.4 Å². The number of hydrazone groups is 1. The van der Waals surface area contributed by atoms with E-state index in [1.165, 1.54) is 6.21 Å². The molecule has 2 N–H and O–H groups in total. The number of amides is 1. The maximum atomic E-state index is 11.9. The molecule has 0 fully saturated rings. The zero-order valence-corrected chi connectivity index (χ0v) is 16.5. The number of ether oxygens (including phenoxy) is 2. The minimum absolute atomic E-state index is 0.137. The van der Waals surface area contributed by atoms with E-state index in [0.29, 0.717) is 11.5 Å². The fraction of sp³-hybridized carbons (Fsp3) is 0.222. The number of carbonyl (C=O) groups excluding carboxylic acids is 1. The zero-order valence-electron chi connectivity index (χ0n) is 14.3. The van der Waals surface area contributed by atoms with E-state index >= 15 is 0 Å². The Bertz CT molecular complexity index is 778. The van der Waals surface area contributed by atoms with E-state index in [1.54, 1.807) is 32.4 Å². The molecule has 7 heteroatoms. The molecular weight excluding hydrogens is 433 g/mol. The summed E-state index contributed by atoms with van der Waals surface area (Å²) < 4.78 is 11.6. The third-order valence-electron chi connectivity index (χ3n) is 3.46. The molecule has 0 aliphatic heterocycles. The van der Waals surface area contributed by atoms with Crippen LogP contribution in [0.4, 0.5) is 5.69 Å². The number of hydrogen-bond donors (Lipinski definition) is 2. The van der Waals surface area contributed by atoms with Gasteiger partial charge in [0.15, 0.2) is 0 Å². The molecule has 0 aliphatic rings. The highest BCUT2D eigenvalue weighted by atomic mass is 127. The molecule has 0 aromatic heterocycles. The maximum absolute atomic E-state index is 11.9. The summed E-state index contributed by atoms with van der Waals surface area (Å²) in [6, 6.07) is 11.4. The van der Waals surface area contributed by atoms with Gasteiger partial charge in [-0.3, -0.25) is 4.79 Å². The van der Waals surface area contributed by atoms with Gasteiger partial charge in [0.2, 0.25) is 0 Å². The zero-order chi connectivity index (χ0) is 18.2. The van der Waals surface area contributed by atoms with Crippen LogP contribution in [0.15, 0.2) is 41.5 Å². The van der Waals surface area contributed by atoms with E-state index in [-0.39, 0.29) is 12.5 Å². The SMILES string of the molecule is COc1ccc(/C=N/NC(=O)CNc2ccc(I)cc2C)c(OC)c1. The first kappa shape index (κ1) is 19.0. The molecule has 0 unspecified atom stereocenters. The second kappa shape index (κ2) is 9.26. The van der Waals surface area contributed by atoms with Crippen LogP contribution in [0.3, 0.4) is 0 Å². The van der Waals surface area contributed by atoms with Crippen LogP contribution in [0.2, 0.25) is 0 Å². The third-order valence-corrected chi connectivity index (χ3v) is 4.13. The summed E-state index contributed by atoms with van der Waals surface area (Å²) in [6.07, 6.45) is 1.53. The minimum Gasteiger partial charge on any atom is -0.497 e. The van der Waals surface area contributed by atoms with Gasteiger partial charge in [0.25, 0.3) is 5.91 Å². The summed E-state index contributed by atoms with van der Waals surface area (Å²) >= 11 is 2.25. The molecule has 25 heavy (non-hydrogen) atoms. The average molecular weight is 453 g/mol. The van der Waals surface area contributed by atoms with Crippen molar-refractivity contribution >= 4 is 40.4 Å². The van der Waals surface area contributed by atoms with Gasteiger partial charge in [-0.1, -0.05) is 0 Å². The summed E-state index contributed by atoms with van der Waals surface area (Å²) in [5, 5.41) is 7.06. The number of carbonyl (C=O) groups is 1. The Morgan fingerprint density at radius 3 is 2.68 bits per heavy atom. The van der Waals surface area contributed by atoms with Crippen molar-refractivity contribution in [3.05, 3.63) is 51.1 Å². The molecule has 0 heterocycles. The van der Waals surface area contributed by atoms with Gasteiger partial charge in [-0.15, -0.1) is 0 Å². The van der Waals surface area contributed by atoms with E-state index < -0.39 is 0 Å². The molecular formula is C18H20IN3O3. The first-order chi connectivity index (χ1) is 12.0. The van der Waals surface area contributed by atoms with Crippen molar-refractivity contribution in [1.82, 2.24) is 5.43 Å². The lowest BCUT2D eigenvalue weighted by Crippen LogP contribution is -2.26. The van der Waals surface area contributed by atoms with Gasteiger partial charge in [0.1, 0.15) is 11.5 Å². The Kier molecular flexibility index (Phi) is 7.05. The number of rotatable bonds is 7. The maximum Gasteiger partial charge on any atom is 0.259 e. The van der Waals surface area contributed by atoms with Crippen LogP contribution in [-0.2, 0) is 4.79 Å². The van der Waals surface area contributed by atoms with Gasteiger partial charge in [-0.25, -0.2) is 5.43 Å². The van der Waals surface area contributed by atoms with Crippen molar-refractivity contribution in [3.63, 3.8) is 0 Å². The molecule has 1 amide bonds. The lowest BCUT2D eigenvalue weighted by atomic mass is 10.2. The minimum atomic E-state index is -0.235. The van der Waals surface area contributed by atoms with Gasteiger partial charge < -0.3 is 14.8 Å². The monoisotopic (exact) mass is 453 g/mol. The predicted molar refractivity (Wildman–Crippen MR) is 108 cm³/mol. The van der Waals surface area contributed by atoms with Crippen molar-refractivity contribution in [3.8, 4) is 11.5 Å². The van der Waals surface area contributed by atoms with E-state index in [1.807, 2.05) is 19.1 Å². The summed E-state index contributed by atoms with van der Waals surface area (Å²) in [5.74, 6) is 1.07. The molecule has 2 aromatic carbocycles. The number of hydrogen-bond acceptors (Lipinski definition) is 5. The molecule has 0 atom stereocenters. The quantitative estimate of drug-likeness (QED) is 0.384. The largest absolute Gasteiger partial charge is 0.497 e. The first-order valence-electron chi connectivity index (χ1n) is 7.57. The van der Waals surface area contributed by atoms with Crippen molar-refractivity contribution in [2.75, 3.05) is 26.1 Å². The van der Waals surface area contributed by atoms with E-state index in [9.17, 15) is 4.79 Å². The fourth-order valence-electron chi connectivity index (χ4n) is 2.14. The summed E-state index contributed by atoms with van der Waals surface area (Å²) in [4.78, 5) is 11.9. The van der Waals surface area contributed by atoms with Crippen LogP contribution >= 0.6 is 22.6 Å². The van der Waals surface area contributed by atoms with E-state index in [4.69, 9.17) is 9.47 Å². The van der Waals surface area contributed by atoms with Crippen LogP contribution in [0.5, 0.6) is 11.5 Å². The van der Waals surface area contributed by atoms with Crippen molar-refractivity contribution in [1.29, 1.82) is 0 Å². The van der Waals surface area contributed by atoms with Crippen LogP contribution in [-0.4, -0.2) is 32.9 Å². The molecule has 0 bridgehead atoms. The topological polar surface area (TPSA) is 72.0 Å². The van der Waals surface area contributed by atoms with Gasteiger partial charge in [0.05, 0.1) is 27.0 Å². The molecule has 132 valence electrons. The highest BCUT2D eigenvalue weighted by Gasteiger charge is 2.04. The summed E-state index contributed by atoms with van der Waals surface area (Å²) in [5.41, 5.74) is 5.25. The van der Waals surface area contributed by atoms with Crippen LogP contribution < -0.4 is 20.2 Å². The third kappa shape index (κ3) is 5.63.